The van der Waals surface area contributed by atoms with E-state index < -0.39 is 39.8 Å². The predicted octanol–water partition coefficient (Wildman–Crippen LogP) is 2.69. The SMILES string of the molecule is CCN(C(=O)C1CCS(=O)(=O)CC1)[C@@H](C1CCC(N2CCCC3C2CNC2CC(Cl)NN23)CC1)C(F)(F)F. The first kappa shape index (κ1) is 28.9. The minimum Gasteiger partial charge on any atom is -0.330 e. The van der Waals surface area contributed by atoms with Gasteiger partial charge in [0.25, 0.3) is 0 Å². The molecule has 2 N–H and O–H groups in total. The van der Waals surface area contributed by atoms with E-state index in [-0.39, 0.29) is 48.6 Å². The first-order valence-corrected chi connectivity index (χ1v) is 16.5. The number of nitrogens with one attached hydrogen (secondary N) is 2. The zero-order chi connectivity index (χ0) is 27.2. The molecular weight excluding hydrogens is 543 g/mol. The summed E-state index contributed by atoms with van der Waals surface area (Å²) in [5.41, 5.74) is 3.31. The lowest BCUT2D eigenvalue weighted by atomic mass is 9.78. The second-order valence-electron chi connectivity index (χ2n) is 11.8. The summed E-state index contributed by atoms with van der Waals surface area (Å²) in [4.78, 5) is 16.8. The molecule has 5 fully saturated rings. The van der Waals surface area contributed by atoms with Gasteiger partial charge < -0.3 is 4.90 Å². The third-order valence-electron chi connectivity index (χ3n) is 9.62. The molecule has 0 radical (unpaired) electrons. The van der Waals surface area contributed by atoms with Crippen LogP contribution in [-0.2, 0) is 14.6 Å². The molecule has 0 aromatic heterocycles. The van der Waals surface area contributed by atoms with E-state index >= 15 is 0 Å². The van der Waals surface area contributed by atoms with E-state index in [9.17, 15) is 26.4 Å². The molecule has 4 heterocycles. The van der Waals surface area contributed by atoms with Gasteiger partial charge >= 0.3 is 6.18 Å². The molecule has 4 saturated heterocycles. The van der Waals surface area contributed by atoms with Crippen molar-refractivity contribution in [3.63, 3.8) is 0 Å². The van der Waals surface area contributed by atoms with E-state index in [1.54, 1.807) is 6.92 Å². The van der Waals surface area contributed by atoms with E-state index in [0.717, 1.165) is 37.3 Å². The Hall–Kier alpha value is -0.660. The van der Waals surface area contributed by atoms with Crippen molar-refractivity contribution in [3.05, 3.63) is 0 Å². The number of alkyl halides is 4. The van der Waals surface area contributed by atoms with Crippen molar-refractivity contribution in [1.82, 2.24) is 25.6 Å². The molecule has 218 valence electrons. The van der Waals surface area contributed by atoms with Gasteiger partial charge in [-0.15, -0.1) is 11.6 Å². The number of halogens is 4. The number of hydrogen-bond donors (Lipinski definition) is 2. The van der Waals surface area contributed by atoms with Crippen molar-refractivity contribution in [2.75, 3.05) is 31.1 Å². The number of carbonyl (C=O) groups is 1. The van der Waals surface area contributed by atoms with Crippen LogP contribution >= 0.6 is 11.6 Å². The predicted molar refractivity (Wildman–Crippen MR) is 139 cm³/mol. The topological polar surface area (TPSA) is 85.0 Å². The standard InChI is InChI=1S/C25H41ClF3N5O3S/c1-2-32(24(35)17-9-12-38(36,37)13-10-17)23(25(27,28)29)16-5-7-18(8-6-16)33-11-3-4-19-20(33)15-30-22-14-21(26)31-34(19)22/h16-23,30-31H,2-15H2,1H3/t16?,18?,19?,20?,21?,22?,23-/m0/s1. The molecule has 1 amide bonds. The zero-order valence-corrected chi connectivity index (χ0v) is 23.6. The number of hydrogen-bond acceptors (Lipinski definition) is 7. The van der Waals surface area contributed by atoms with Crippen molar-refractivity contribution >= 4 is 27.3 Å². The minimum absolute atomic E-state index is 0.0285. The third-order valence-corrected chi connectivity index (χ3v) is 11.6. The number of sulfone groups is 1. The average molecular weight is 584 g/mol. The Balaban J connectivity index is 1.24. The third kappa shape index (κ3) is 5.86. The Morgan fingerprint density at radius 3 is 2.39 bits per heavy atom. The second-order valence-corrected chi connectivity index (χ2v) is 14.6. The minimum atomic E-state index is -4.53. The summed E-state index contributed by atoms with van der Waals surface area (Å²) in [7, 11) is -3.20. The maximum Gasteiger partial charge on any atom is 0.409 e. The first-order valence-electron chi connectivity index (χ1n) is 14.2. The zero-order valence-electron chi connectivity index (χ0n) is 22.0. The summed E-state index contributed by atoms with van der Waals surface area (Å²) < 4.78 is 67.1. The van der Waals surface area contributed by atoms with E-state index in [1.165, 1.54) is 0 Å². The fourth-order valence-corrected chi connectivity index (χ4v) is 9.55. The van der Waals surface area contributed by atoms with Crippen molar-refractivity contribution in [2.45, 2.75) is 107 Å². The Labute approximate surface area is 228 Å². The lowest BCUT2D eigenvalue weighted by Gasteiger charge is -2.53. The molecule has 0 aromatic carbocycles. The van der Waals surface area contributed by atoms with Gasteiger partial charge in [0.1, 0.15) is 15.9 Å². The number of carbonyl (C=O) groups excluding carboxylic acids is 1. The van der Waals surface area contributed by atoms with Gasteiger partial charge in [-0.1, -0.05) is 0 Å². The summed E-state index contributed by atoms with van der Waals surface area (Å²) in [6, 6.07) is -0.951. The number of fused-ring (bicyclic) bond motifs is 3. The van der Waals surface area contributed by atoms with Crippen molar-refractivity contribution in [3.8, 4) is 0 Å². The molecule has 1 saturated carbocycles. The molecule has 8 nitrogen and oxygen atoms in total. The smallest absolute Gasteiger partial charge is 0.330 e. The van der Waals surface area contributed by atoms with E-state index in [0.29, 0.717) is 37.8 Å². The Morgan fingerprint density at radius 2 is 1.76 bits per heavy atom. The van der Waals surface area contributed by atoms with Crippen LogP contribution in [0.15, 0.2) is 0 Å². The number of amides is 1. The molecule has 5 atom stereocenters. The molecule has 5 aliphatic rings. The number of likely N-dealkylation sites (tertiary alicyclic amines) is 1. The van der Waals surface area contributed by atoms with Crippen LogP contribution < -0.4 is 10.7 Å². The fraction of sp³-hybridized carbons (Fsp3) is 0.960. The van der Waals surface area contributed by atoms with Crippen LogP contribution in [0.2, 0.25) is 0 Å². The van der Waals surface area contributed by atoms with E-state index in [4.69, 9.17) is 11.6 Å². The highest BCUT2D eigenvalue weighted by molar-refractivity contribution is 7.91. The summed E-state index contributed by atoms with van der Waals surface area (Å²) in [6.07, 6.45) is 1.11. The fourth-order valence-electron chi connectivity index (χ4n) is 7.78. The van der Waals surface area contributed by atoms with Crippen LogP contribution in [-0.4, -0.2) is 102 Å². The maximum atomic E-state index is 14.5. The van der Waals surface area contributed by atoms with Crippen LogP contribution in [0.4, 0.5) is 13.2 Å². The van der Waals surface area contributed by atoms with Crippen molar-refractivity contribution < 1.29 is 26.4 Å². The van der Waals surface area contributed by atoms with Crippen molar-refractivity contribution in [1.29, 1.82) is 0 Å². The van der Waals surface area contributed by atoms with Gasteiger partial charge in [-0.05, 0) is 70.8 Å². The first-order chi connectivity index (χ1) is 18.0. The van der Waals surface area contributed by atoms with Gasteiger partial charge in [0.2, 0.25) is 5.91 Å². The van der Waals surface area contributed by atoms with Crippen molar-refractivity contribution in [2.24, 2.45) is 11.8 Å². The summed E-state index contributed by atoms with van der Waals surface area (Å²) >= 11 is 6.35. The highest BCUT2D eigenvalue weighted by Gasteiger charge is 2.52. The lowest BCUT2D eigenvalue weighted by molar-refractivity contribution is -0.206. The van der Waals surface area contributed by atoms with Crippen LogP contribution in [0.1, 0.15) is 64.7 Å². The maximum absolute atomic E-state index is 14.5. The molecule has 13 heteroatoms. The van der Waals surface area contributed by atoms with Gasteiger partial charge in [-0.25, -0.2) is 18.9 Å². The van der Waals surface area contributed by atoms with Gasteiger partial charge in [0, 0.05) is 43.6 Å². The molecule has 5 rings (SSSR count). The highest BCUT2D eigenvalue weighted by Crippen LogP contribution is 2.42. The molecule has 1 aliphatic carbocycles. The molecule has 0 spiro atoms. The summed E-state index contributed by atoms with van der Waals surface area (Å²) in [6.45, 7) is 3.38. The monoisotopic (exact) mass is 583 g/mol. The van der Waals surface area contributed by atoms with E-state index in [1.807, 2.05) is 0 Å². The Morgan fingerprint density at radius 1 is 1.08 bits per heavy atom. The van der Waals surface area contributed by atoms with Crippen LogP contribution in [0.25, 0.3) is 0 Å². The summed E-state index contributed by atoms with van der Waals surface area (Å²) in [5, 5.41) is 5.87. The Kier molecular flexibility index (Phi) is 8.59. The molecule has 38 heavy (non-hydrogen) atoms. The molecule has 4 unspecified atom stereocenters. The molecular formula is C25H41ClF3N5O3S. The van der Waals surface area contributed by atoms with Crippen LogP contribution in [0, 0.1) is 11.8 Å². The van der Waals surface area contributed by atoms with Gasteiger partial charge in [-0.2, -0.15) is 13.2 Å². The van der Waals surface area contributed by atoms with Crippen LogP contribution in [0.3, 0.4) is 0 Å². The normalized spacial score (nSPS) is 37.8. The van der Waals surface area contributed by atoms with Gasteiger partial charge in [0.15, 0.2) is 0 Å². The summed E-state index contributed by atoms with van der Waals surface area (Å²) in [5.74, 6) is -2.10. The Bertz CT molecular complexity index is 950. The molecule has 0 aromatic rings. The lowest BCUT2D eigenvalue weighted by Crippen LogP contribution is -2.70. The number of hydrazine groups is 1. The highest BCUT2D eigenvalue weighted by atomic mass is 35.5. The van der Waals surface area contributed by atoms with Gasteiger partial charge in [-0.3, -0.25) is 15.0 Å². The van der Waals surface area contributed by atoms with Crippen LogP contribution in [0.5, 0.6) is 0 Å². The number of nitrogens with zero attached hydrogens (tertiary/aromatic N) is 3. The van der Waals surface area contributed by atoms with E-state index in [2.05, 4.69) is 20.7 Å². The molecule has 4 aliphatic heterocycles. The number of rotatable bonds is 5. The quantitative estimate of drug-likeness (QED) is 0.380. The second kappa shape index (κ2) is 11.3. The average Bonchev–Trinajstić information content (AvgIpc) is 3.26. The van der Waals surface area contributed by atoms with Gasteiger partial charge in [0.05, 0.1) is 23.2 Å². The molecule has 0 bridgehead atoms. The number of piperidine rings is 1. The largest absolute Gasteiger partial charge is 0.409 e.